The van der Waals surface area contributed by atoms with Gasteiger partial charge in [0.2, 0.25) is 5.91 Å². The van der Waals surface area contributed by atoms with Crippen LogP contribution in [0, 0.1) is 0 Å². The normalized spacial score (nSPS) is 15.2. The molecule has 0 spiro atoms. The molecule has 0 saturated heterocycles. The standard InChI is InChI=1S/C27H28N4O4/c28-25(33)23(14-17-6-9-21(32)10-7-17)30-27(34)18-8-11-24-22(15-18)29-26(19-12-13-35-16-19)31(24)20-4-2-1-3-5-20/h6-13,15-16,20,23,32H,1-5,14H2,(H2,28,33)(H,30,34)/t23-/m0/s1. The Bertz CT molecular complexity index is 1340. The molecule has 8 heteroatoms. The maximum absolute atomic E-state index is 13.1. The lowest BCUT2D eigenvalue weighted by atomic mass is 9.95. The highest BCUT2D eigenvalue weighted by atomic mass is 16.3. The van der Waals surface area contributed by atoms with Gasteiger partial charge in [0, 0.05) is 18.0 Å². The summed E-state index contributed by atoms with van der Waals surface area (Å²) < 4.78 is 7.59. The van der Waals surface area contributed by atoms with E-state index in [0.29, 0.717) is 17.1 Å². The Kier molecular flexibility index (Phi) is 6.27. The Hall–Kier alpha value is -4.07. The minimum atomic E-state index is -0.885. The number of hydrogen-bond donors (Lipinski definition) is 3. The number of nitrogens with two attached hydrogens (primary N) is 1. The Labute approximate surface area is 202 Å². The van der Waals surface area contributed by atoms with Gasteiger partial charge in [-0.1, -0.05) is 31.4 Å². The van der Waals surface area contributed by atoms with E-state index < -0.39 is 17.9 Å². The van der Waals surface area contributed by atoms with Gasteiger partial charge < -0.3 is 25.1 Å². The minimum Gasteiger partial charge on any atom is -0.508 e. The molecule has 2 heterocycles. The highest BCUT2D eigenvalue weighted by Crippen LogP contribution is 2.36. The van der Waals surface area contributed by atoms with Gasteiger partial charge >= 0.3 is 0 Å². The third-order valence-electron chi connectivity index (χ3n) is 6.70. The summed E-state index contributed by atoms with van der Waals surface area (Å²) in [5.41, 5.74) is 9.34. The summed E-state index contributed by atoms with van der Waals surface area (Å²) in [7, 11) is 0. The fourth-order valence-electron chi connectivity index (χ4n) is 4.88. The predicted molar refractivity (Wildman–Crippen MR) is 132 cm³/mol. The molecule has 0 aliphatic heterocycles. The lowest BCUT2D eigenvalue weighted by Crippen LogP contribution is -2.45. The smallest absolute Gasteiger partial charge is 0.252 e. The molecule has 2 amide bonds. The SMILES string of the molecule is NC(=O)[C@H](Cc1ccc(O)cc1)NC(=O)c1ccc2c(c1)nc(-c1ccoc1)n2C1CCCCC1. The second-order valence-corrected chi connectivity index (χ2v) is 9.11. The number of phenols is 1. The van der Waals surface area contributed by atoms with Gasteiger partial charge in [-0.3, -0.25) is 9.59 Å². The number of hydrogen-bond acceptors (Lipinski definition) is 5. The maximum Gasteiger partial charge on any atom is 0.252 e. The van der Waals surface area contributed by atoms with Gasteiger partial charge in [-0.15, -0.1) is 0 Å². The zero-order chi connectivity index (χ0) is 24.4. The topological polar surface area (TPSA) is 123 Å². The summed E-state index contributed by atoms with van der Waals surface area (Å²) in [6.45, 7) is 0. The zero-order valence-electron chi connectivity index (χ0n) is 19.3. The molecule has 8 nitrogen and oxygen atoms in total. The van der Waals surface area contributed by atoms with Crippen molar-refractivity contribution < 1.29 is 19.1 Å². The molecule has 2 aromatic heterocycles. The molecular weight excluding hydrogens is 444 g/mol. The molecular formula is C27H28N4O4. The summed E-state index contributed by atoms with van der Waals surface area (Å²) >= 11 is 0. The number of carbonyl (C=O) groups is 2. The van der Waals surface area contributed by atoms with E-state index in [1.165, 1.54) is 31.4 Å². The zero-order valence-corrected chi connectivity index (χ0v) is 19.3. The average molecular weight is 473 g/mol. The number of carbonyl (C=O) groups excluding carboxylic acids is 2. The van der Waals surface area contributed by atoms with E-state index in [-0.39, 0.29) is 12.2 Å². The largest absolute Gasteiger partial charge is 0.508 e. The van der Waals surface area contributed by atoms with Gasteiger partial charge in [0.1, 0.15) is 23.9 Å². The van der Waals surface area contributed by atoms with Crippen molar-refractivity contribution in [3.8, 4) is 17.1 Å². The van der Waals surface area contributed by atoms with E-state index >= 15 is 0 Å². The van der Waals surface area contributed by atoms with Gasteiger partial charge in [-0.25, -0.2) is 4.98 Å². The van der Waals surface area contributed by atoms with E-state index in [1.807, 2.05) is 12.1 Å². The van der Waals surface area contributed by atoms with E-state index in [4.69, 9.17) is 15.1 Å². The Balaban J connectivity index is 1.43. The van der Waals surface area contributed by atoms with Crippen LogP contribution < -0.4 is 11.1 Å². The predicted octanol–water partition coefficient (Wildman–Crippen LogP) is 4.33. The van der Waals surface area contributed by atoms with Crippen molar-refractivity contribution in [2.45, 2.75) is 50.6 Å². The van der Waals surface area contributed by atoms with Gasteiger partial charge in [-0.2, -0.15) is 0 Å². The van der Waals surface area contributed by atoms with E-state index in [0.717, 1.165) is 35.3 Å². The van der Waals surface area contributed by atoms with Crippen molar-refractivity contribution in [1.82, 2.24) is 14.9 Å². The van der Waals surface area contributed by atoms with E-state index in [1.54, 1.807) is 36.8 Å². The fourth-order valence-corrected chi connectivity index (χ4v) is 4.88. The van der Waals surface area contributed by atoms with E-state index in [2.05, 4.69) is 9.88 Å². The second kappa shape index (κ2) is 9.66. The Morgan fingerprint density at radius 1 is 1.11 bits per heavy atom. The number of aromatic nitrogens is 2. The molecule has 1 atom stereocenters. The number of nitrogens with zero attached hydrogens (tertiary/aromatic N) is 2. The molecule has 5 rings (SSSR count). The minimum absolute atomic E-state index is 0.129. The average Bonchev–Trinajstić information content (AvgIpc) is 3.53. The number of nitrogens with one attached hydrogen (secondary N) is 1. The van der Waals surface area contributed by atoms with Crippen LogP contribution in [0.3, 0.4) is 0 Å². The molecule has 2 aromatic carbocycles. The number of rotatable bonds is 7. The third kappa shape index (κ3) is 4.77. The summed E-state index contributed by atoms with van der Waals surface area (Å²) in [5.74, 6) is -0.0624. The monoisotopic (exact) mass is 472 g/mol. The van der Waals surface area contributed by atoms with Crippen LogP contribution in [-0.4, -0.2) is 32.5 Å². The van der Waals surface area contributed by atoms with Gasteiger partial charge in [-0.05, 0) is 54.8 Å². The van der Waals surface area contributed by atoms with Crippen LogP contribution in [0.2, 0.25) is 0 Å². The number of imidazole rings is 1. The molecule has 0 radical (unpaired) electrons. The lowest BCUT2D eigenvalue weighted by Gasteiger charge is -2.25. The molecule has 0 bridgehead atoms. The number of amides is 2. The van der Waals surface area contributed by atoms with Gasteiger partial charge in [0.15, 0.2) is 0 Å². The van der Waals surface area contributed by atoms with Gasteiger partial charge in [0.05, 0.1) is 22.9 Å². The first kappa shape index (κ1) is 22.7. The van der Waals surface area contributed by atoms with Crippen molar-refractivity contribution in [2.75, 3.05) is 0 Å². The Morgan fingerprint density at radius 3 is 2.57 bits per heavy atom. The number of benzene rings is 2. The number of fused-ring (bicyclic) bond motifs is 1. The lowest BCUT2D eigenvalue weighted by molar-refractivity contribution is -0.119. The first-order valence-electron chi connectivity index (χ1n) is 11.9. The van der Waals surface area contributed by atoms with Gasteiger partial charge in [0.25, 0.3) is 5.91 Å². The summed E-state index contributed by atoms with van der Waals surface area (Å²) in [4.78, 5) is 30.0. The molecule has 1 aliphatic rings. The first-order chi connectivity index (χ1) is 17.0. The molecule has 1 saturated carbocycles. The van der Waals surface area contributed by atoms with E-state index in [9.17, 15) is 14.7 Å². The maximum atomic E-state index is 13.1. The number of primary amides is 1. The highest BCUT2D eigenvalue weighted by Gasteiger charge is 2.24. The molecule has 180 valence electrons. The van der Waals surface area contributed by atoms with Crippen molar-refractivity contribution in [2.24, 2.45) is 5.73 Å². The van der Waals surface area contributed by atoms with Crippen molar-refractivity contribution in [1.29, 1.82) is 0 Å². The van der Waals surface area contributed by atoms with Crippen LogP contribution in [-0.2, 0) is 11.2 Å². The number of aromatic hydroxyl groups is 1. The number of furan rings is 1. The van der Waals surface area contributed by atoms with Crippen LogP contribution in [0.15, 0.2) is 65.5 Å². The molecule has 35 heavy (non-hydrogen) atoms. The van der Waals surface area contributed by atoms with Crippen molar-refractivity contribution in [3.63, 3.8) is 0 Å². The third-order valence-corrected chi connectivity index (χ3v) is 6.70. The first-order valence-corrected chi connectivity index (χ1v) is 11.9. The Morgan fingerprint density at radius 2 is 1.89 bits per heavy atom. The molecule has 4 N–H and O–H groups in total. The van der Waals surface area contributed by atoms with Crippen LogP contribution in [0.5, 0.6) is 5.75 Å². The van der Waals surface area contributed by atoms with Crippen LogP contribution in [0.25, 0.3) is 22.4 Å². The highest BCUT2D eigenvalue weighted by molar-refractivity contribution is 6.00. The second-order valence-electron chi connectivity index (χ2n) is 9.11. The van der Waals surface area contributed by atoms with Crippen LogP contribution >= 0.6 is 0 Å². The van der Waals surface area contributed by atoms with Crippen LogP contribution in [0.4, 0.5) is 0 Å². The van der Waals surface area contributed by atoms with Crippen molar-refractivity contribution >= 4 is 22.8 Å². The fraction of sp³-hybridized carbons (Fsp3) is 0.296. The summed E-state index contributed by atoms with van der Waals surface area (Å²) in [6.07, 6.45) is 9.36. The summed E-state index contributed by atoms with van der Waals surface area (Å²) in [6, 6.07) is 13.3. The van der Waals surface area contributed by atoms with Crippen LogP contribution in [0.1, 0.15) is 54.1 Å². The molecule has 1 fully saturated rings. The molecule has 0 unspecified atom stereocenters. The quantitative estimate of drug-likeness (QED) is 0.369. The summed E-state index contributed by atoms with van der Waals surface area (Å²) in [5, 5.41) is 12.2. The number of phenolic OH excluding ortho intramolecular Hbond substituents is 1. The molecule has 1 aliphatic carbocycles. The molecule has 4 aromatic rings. The van der Waals surface area contributed by atoms with Crippen molar-refractivity contribution in [3.05, 3.63) is 72.2 Å².